The van der Waals surface area contributed by atoms with Crippen LogP contribution >= 0.6 is 0 Å². The summed E-state index contributed by atoms with van der Waals surface area (Å²) in [5.41, 5.74) is 1.63. The minimum Gasteiger partial charge on any atom is -0.487 e. The number of carbonyl (C=O) groups excluding carboxylic acids is 1. The smallest absolute Gasteiger partial charge is 0.247 e. The van der Waals surface area contributed by atoms with Crippen LogP contribution in [0.3, 0.4) is 0 Å². The van der Waals surface area contributed by atoms with E-state index in [4.69, 9.17) is 4.74 Å². The molecule has 34 heavy (non-hydrogen) atoms. The van der Waals surface area contributed by atoms with E-state index in [2.05, 4.69) is 4.98 Å². The second-order valence-corrected chi connectivity index (χ2v) is 11.3. The monoisotopic (exact) mass is 487 g/mol. The topological polar surface area (TPSA) is 100 Å². The fraction of sp³-hybridized carbons (Fsp3) is 0.520. The Labute approximate surface area is 201 Å². The normalized spacial score (nSPS) is 23.5. The molecule has 4 rings (SSSR count). The van der Waals surface area contributed by atoms with Gasteiger partial charge in [-0.25, -0.2) is 8.42 Å². The number of aromatic nitrogens is 1. The maximum atomic E-state index is 13.6. The van der Waals surface area contributed by atoms with E-state index in [1.165, 1.54) is 4.31 Å². The first-order chi connectivity index (χ1) is 16.2. The molecular formula is C25H33N3O5S. The summed E-state index contributed by atoms with van der Waals surface area (Å²) in [5, 5.41) is 9.79. The van der Waals surface area contributed by atoms with E-state index in [0.717, 1.165) is 30.4 Å². The Balaban J connectivity index is 1.74. The molecule has 1 saturated carbocycles. The molecule has 0 radical (unpaired) electrons. The molecule has 1 aromatic carbocycles. The Bertz CT molecular complexity index is 1120. The summed E-state index contributed by atoms with van der Waals surface area (Å²) >= 11 is 0. The molecule has 2 aliphatic rings. The van der Waals surface area contributed by atoms with Crippen molar-refractivity contribution in [3.05, 3.63) is 42.7 Å². The molecular weight excluding hydrogens is 454 g/mol. The molecule has 1 N–H and O–H groups in total. The Hall–Kier alpha value is -2.49. The van der Waals surface area contributed by atoms with Crippen LogP contribution in [0.2, 0.25) is 0 Å². The molecule has 2 aromatic rings. The minimum atomic E-state index is -3.91. The van der Waals surface area contributed by atoms with Crippen LogP contribution in [-0.4, -0.2) is 72.5 Å². The van der Waals surface area contributed by atoms with Crippen molar-refractivity contribution in [2.45, 2.75) is 50.2 Å². The summed E-state index contributed by atoms with van der Waals surface area (Å²) in [4.78, 5) is 18.7. The molecule has 1 aliphatic carbocycles. The van der Waals surface area contributed by atoms with E-state index < -0.39 is 22.2 Å². The lowest BCUT2D eigenvalue weighted by molar-refractivity contribution is -0.138. The molecule has 0 saturated heterocycles. The van der Waals surface area contributed by atoms with Crippen molar-refractivity contribution in [1.29, 1.82) is 0 Å². The van der Waals surface area contributed by atoms with Crippen LogP contribution in [-0.2, 0) is 14.8 Å². The lowest BCUT2D eigenvalue weighted by Gasteiger charge is -2.38. The number of ether oxygens (including phenoxy) is 1. The fourth-order valence-electron chi connectivity index (χ4n) is 4.48. The van der Waals surface area contributed by atoms with Gasteiger partial charge in [-0.2, -0.15) is 4.31 Å². The standard InChI is InChI=1S/C25H33N3O5S/c1-17-14-28(18(2)16-29)34(31,32)24-10-9-20(21-8-5-11-26-13-21)12-22(24)33-23(17)15-27(3)25(30)19-6-4-7-19/h5,8-13,17-19,23,29H,4,6-7,14-16H2,1-3H3/t17-,18-,23+/m1/s1. The van der Waals surface area contributed by atoms with Gasteiger partial charge in [-0.1, -0.05) is 25.5 Å². The largest absolute Gasteiger partial charge is 0.487 e. The van der Waals surface area contributed by atoms with Gasteiger partial charge in [0.05, 0.1) is 13.2 Å². The third-order valence-electron chi connectivity index (χ3n) is 6.95. The Kier molecular flexibility index (Phi) is 7.25. The fourth-order valence-corrected chi connectivity index (χ4v) is 6.31. The van der Waals surface area contributed by atoms with Gasteiger partial charge in [0.15, 0.2) is 0 Å². The van der Waals surface area contributed by atoms with Crippen molar-refractivity contribution in [3.63, 3.8) is 0 Å². The van der Waals surface area contributed by atoms with Crippen molar-refractivity contribution in [3.8, 4) is 16.9 Å². The van der Waals surface area contributed by atoms with Gasteiger partial charge in [0.1, 0.15) is 16.7 Å². The number of carbonyl (C=O) groups is 1. The van der Waals surface area contributed by atoms with Gasteiger partial charge in [0.2, 0.25) is 15.9 Å². The number of benzene rings is 1. The predicted molar refractivity (Wildman–Crippen MR) is 129 cm³/mol. The van der Waals surface area contributed by atoms with Crippen LogP contribution in [0.1, 0.15) is 33.1 Å². The van der Waals surface area contributed by atoms with E-state index in [1.807, 2.05) is 19.1 Å². The number of rotatable bonds is 6. The number of pyridine rings is 1. The number of amides is 1. The van der Waals surface area contributed by atoms with Crippen LogP contribution in [0.4, 0.5) is 0 Å². The molecule has 184 valence electrons. The van der Waals surface area contributed by atoms with Crippen molar-refractivity contribution in [2.24, 2.45) is 11.8 Å². The van der Waals surface area contributed by atoms with Crippen molar-refractivity contribution in [2.75, 3.05) is 26.7 Å². The lowest BCUT2D eigenvalue weighted by atomic mass is 9.84. The first kappa shape index (κ1) is 24.6. The zero-order chi connectivity index (χ0) is 24.5. The van der Waals surface area contributed by atoms with Crippen LogP contribution in [0, 0.1) is 11.8 Å². The number of aliphatic hydroxyl groups excluding tert-OH is 1. The maximum Gasteiger partial charge on any atom is 0.247 e. The first-order valence-corrected chi connectivity index (χ1v) is 13.2. The van der Waals surface area contributed by atoms with Crippen molar-refractivity contribution >= 4 is 15.9 Å². The molecule has 2 heterocycles. The molecule has 0 unspecified atom stereocenters. The van der Waals surface area contributed by atoms with Gasteiger partial charge in [0.25, 0.3) is 0 Å². The van der Waals surface area contributed by atoms with Gasteiger partial charge < -0.3 is 14.7 Å². The zero-order valence-electron chi connectivity index (χ0n) is 19.9. The average Bonchev–Trinajstić information content (AvgIpc) is 2.79. The Morgan fingerprint density at radius 3 is 2.68 bits per heavy atom. The summed E-state index contributed by atoms with van der Waals surface area (Å²) in [7, 11) is -2.13. The Morgan fingerprint density at radius 2 is 2.06 bits per heavy atom. The molecule has 3 atom stereocenters. The van der Waals surface area contributed by atoms with E-state index in [-0.39, 0.29) is 41.5 Å². The van der Waals surface area contributed by atoms with E-state index in [9.17, 15) is 18.3 Å². The molecule has 0 bridgehead atoms. The van der Waals surface area contributed by atoms with Gasteiger partial charge in [-0.05, 0) is 43.5 Å². The van der Waals surface area contributed by atoms with Gasteiger partial charge >= 0.3 is 0 Å². The summed E-state index contributed by atoms with van der Waals surface area (Å²) in [6.07, 6.45) is 5.89. The van der Waals surface area contributed by atoms with Gasteiger partial charge in [-0.3, -0.25) is 9.78 Å². The highest BCUT2D eigenvalue weighted by atomic mass is 32.2. The van der Waals surface area contributed by atoms with Crippen LogP contribution in [0.25, 0.3) is 11.1 Å². The molecule has 9 heteroatoms. The molecule has 1 fully saturated rings. The third kappa shape index (κ3) is 4.82. The lowest BCUT2D eigenvalue weighted by Crippen LogP contribution is -2.50. The molecule has 1 aliphatic heterocycles. The van der Waals surface area contributed by atoms with Crippen LogP contribution in [0.5, 0.6) is 5.75 Å². The quantitative estimate of drug-likeness (QED) is 0.673. The first-order valence-electron chi connectivity index (χ1n) is 11.8. The van der Waals surface area contributed by atoms with E-state index in [0.29, 0.717) is 6.54 Å². The molecule has 8 nitrogen and oxygen atoms in total. The highest BCUT2D eigenvalue weighted by molar-refractivity contribution is 7.89. The summed E-state index contributed by atoms with van der Waals surface area (Å²) in [6.45, 7) is 3.87. The number of fused-ring (bicyclic) bond motifs is 1. The van der Waals surface area contributed by atoms with Crippen molar-refractivity contribution in [1.82, 2.24) is 14.2 Å². The molecule has 0 spiro atoms. The predicted octanol–water partition coefficient (Wildman–Crippen LogP) is 2.78. The molecule has 1 aromatic heterocycles. The average molecular weight is 488 g/mol. The highest BCUT2D eigenvalue weighted by Gasteiger charge is 2.39. The Morgan fingerprint density at radius 1 is 1.29 bits per heavy atom. The second-order valence-electron chi connectivity index (χ2n) is 9.49. The number of hydrogen-bond acceptors (Lipinski definition) is 6. The van der Waals surface area contributed by atoms with E-state index >= 15 is 0 Å². The highest BCUT2D eigenvalue weighted by Crippen LogP contribution is 2.36. The minimum absolute atomic E-state index is 0.0605. The SMILES string of the molecule is C[C@@H]1CN([C@H](C)CO)S(=O)(=O)c2ccc(-c3cccnc3)cc2O[C@H]1CN(C)C(=O)C1CCC1. The summed E-state index contributed by atoms with van der Waals surface area (Å²) in [5.74, 6) is 0.222. The summed E-state index contributed by atoms with van der Waals surface area (Å²) < 4.78 is 34.9. The second kappa shape index (κ2) is 10.0. The number of aliphatic hydroxyl groups is 1. The van der Waals surface area contributed by atoms with Gasteiger partial charge in [-0.15, -0.1) is 0 Å². The molecule has 1 amide bonds. The third-order valence-corrected chi connectivity index (χ3v) is 8.97. The maximum absolute atomic E-state index is 13.6. The number of likely N-dealkylation sites (N-methyl/N-ethyl adjacent to an activating group) is 1. The number of sulfonamides is 1. The van der Waals surface area contributed by atoms with Crippen molar-refractivity contribution < 1.29 is 23.1 Å². The van der Waals surface area contributed by atoms with Crippen LogP contribution in [0.15, 0.2) is 47.6 Å². The number of nitrogens with zero attached hydrogens (tertiary/aromatic N) is 3. The van der Waals surface area contributed by atoms with Gasteiger partial charge in [0, 0.05) is 49.4 Å². The zero-order valence-corrected chi connectivity index (χ0v) is 20.7. The number of hydrogen-bond donors (Lipinski definition) is 1. The summed E-state index contributed by atoms with van der Waals surface area (Å²) in [6, 6.07) is 8.15. The van der Waals surface area contributed by atoms with Crippen LogP contribution < -0.4 is 4.74 Å². The van der Waals surface area contributed by atoms with E-state index in [1.54, 1.807) is 49.5 Å².